The molecule has 20 heavy (non-hydrogen) atoms. The van der Waals surface area contributed by atoms with Gasteiger partial charge in [0.15, 0.2) is 0 Å². The van der Waals surface area contributed by atoms with Crippen LogP contribution in [0.15, 0.2) is 22.9 Å². The van der Waals surface area contributed by atoms with Crippen LogP contribution < -0.4 is 10.1 Å². The van der Waals surface area contributed by atoms with Crippen molar-refractivity contribution in [1.29, 1.82) is 0 Å². The molecule has 0 amide bonds. The summed E-state index contributed by atoms with van der Waals surface area (Å²) in [5.41, 5.74) is 2.13. The number of nitrogens with one attached hydrogen (secondary N) is 1. The first kappa shape index (κ1) is 14.5. The third-order valence-corrected chi connectivity index (χ3v) is 3.23. The number of ether oxygens (including phenoxy) is 1. The minimum atomic E-state index is 0.178. The van der Waals surface area contributed by atoms with Gasteiger partial charge in [-0.25, -0.2) is 9.97 Å². The molecular formula is C15H21N3O2. The maximum atomic E-state index is 5.63. The summed E-state index contributed by atoms with van der Waals surface area (Å²) >= 11 is 0. The van der Waals surface area contributed by atoms with Crippen LogP contribution in [0.4, 0.5) is 0 Å². The van der Waals surface area contributed by atoms with E-state index in [4.69, 9.17) is 9.15 Å². The number of methoxy groups -OCH3 is 1. The van der Waals surface area contributed by atoms with Crippen molar-refractivity contribution in [2.75, 3.05) is 13.7 Å². The predicted molar refractivity (Wildman–Crippen MR) is 76.9 cm³/mol. The Balaban J connectivity index is 2.22. The molecule has 108 valence electrons. The van der Waals surface area contributed by atoms with Crippen LogP contribution >= 0.6 is 0 Å². The van der Waals surface area contributed by atoms with E-state index >= 15 is 0 Å². The normalized spacial score (nSPS) is 12.4. The van der Waals surface area contributed by atoms with Crippen molar-refractivity contribution in [3.05, 3.63) is 41.2 Å². The summed E-state index contributed by atoms with van der Waals surface area (Å²) in [6, 6.07) is 4.13. The van der Waals surface area contributed by atoms with Gasteiger partial charge in [0.05, 0.1) is 7.11 Å². The summed E-state index contributed by atoms with van der Waals surface area (Å²) in [5.74, 6) is 2.47. The fraction of sp³-hybridized carbons (Fsp3) is 0.467. The third-order valence-electron chi connectivity index (χ3n) is 3.23. The van der Waals surface area contributed by atoms with Crippen LogP contribution in [0, 0.1) is 13.8 Å². The fourth-order valence-corrected chi connectivity index (χ4v) is 2.34. The first-order chi connectivity index (χ1) is 9.63. The molecule has 0 aromatic carbocycles. The fourth-order valence-electron chi connectivity index (χ4n) is 2.34. The van der Waals surface area contributed by atoms with E-state index in [2.05, 4.69) is 28.3 Å². The molecule has 0 spiro atoms. The number of rotatable bonds is 6. The van der Waals surface area contributed by atoms with Crippen molar-refractivity contribution in [2.24, 2.45) is 0 Å². The molecule has 2 rings (SSSR count). The Kier molecular flexibility index (Phi) is 4.74. The van der Waals surface area contributed by atoms with Gasteiger partial charge in [0.1, 0.15) is 17.8 Å². The monoisotopic (exact) mass is 275 g/mol. The molecule has 0 radical (unpaired) electrons. The van der Waals surface area contributed by atoms with Crippen LogP contribution in [-0.4, -0.2) is 23.6 Å². The number of aryl methyl sites for hydroxylation is 2. The first-order valence-corrected chi connectivity index (χ1v) is 6.79. The Morgan fingerprint density at radius 3 is 2.70 bits per heavy atom. The Morgan fingerprint density at radius 1 is 1.30 bits per heavy atom. The van der Waals surface area contributed by atoms with Crippen LogP contribution in [-0.2, 0) is 6.42 Å². The third kappa shape index (κ3) is 3.36. The van der Waals surface area contributed by atoms with Gasteiger partial charge in [-0.3, -0.25) is 0 Å². The molecule has 1 N–H and O–H groups in total. The zero-order valence-electron chi connectivity index (χ0n) is 12.4. The van der Waals surface area contributed by atoms with Crippen LogP contribution in [0.25, 0.3) is 0 Å². The Labute approximate surface area is 119 Å². The first-order valence-electron chi connectivity index (χ1n) is 6.79. The standard InChI is InChI=1S/C15H21N3O2/c1-5-16-14(13-6-10(2)20-11(13)3)7-12-8-15(19-4)18-9-17-12/h6,8-9,14,16H,5,7H2,1-4H3. The second kappa shape index (κ2) is 6.52. The highest BCUT2D eigenvalue weighted by Gasteiger charge is 2.17. The summed E-state index contributed by atoms with van der Waals surface area (Å²) in [6.45, 7) is 6.94. The summed E-state index contributed by atoms with van der Waals surface area (Å²) in [4.78, 5) is 8.34. The predicted octanol–water partition coefficient (Wildman–Crippen LogP) is 2.59. The smallest absolute Gasteiger partial charge is 0.216 e. The minimum Gasteiger partial charge on any atom is -0.481 e. The number of hydrogen-bond donors (Lipinski definition) is 1. The van der Waals surface area contributed by atoms with Crippen LogP contribution in [0.2, 0.25) is 0 Å². The van der Waals surface area contributed by atoms with E-state index in [9.17, 15) is 0 Å². The summed E-state index contributed by atoms with van der Waals surface area (Å²) in [7, 11) is 1.61. The van der Waals surface area contributed by atoms with Gasteiger partial charge in [-0.05, 0) is 26.5 Å². The molecule has 5 heteroatoms. The van der Waals surface area contributed by atoms with Gasteiger partial charge in [0, 0.05) is 29.8 Å². The topological polar surface area (TPSA) is 60.2 Å². The molecule has 2 aromatic heterocycles. The Bertz CT molecular complexity index is 566. The summed E-state index contributed by atoms with van der Waals surface area (Å²) in [6.07, 6.45) is 2.30. The highest BCUT2D eigenvalue weighted by Crippen LogP contribution is 2.24. The van der Waals surface area contributed by atoms with Crippen molar-refractivity contribution >= 4 is 0 Å². The highest BCUT2D eigenvalue weighted by molar-refractivity contribution is 5.26. The molecule has 5 nitrogen and oxygen atoms in total. The maximum Gasteiger partial charge on any atom is 0.216 e. The van der Waals surface area contributed by atoms with Crippen molar-refractivity contribution in [3.8, 4) is 5.88 Å². The molecular weight excluding hydrogens is 254 g/mol. The van der Waals surface area contributed by atoms with Crippen molar-refractivity contribution in [3.63, 3.8) is 0 Å². The van der Waals surface area contributed by atoms with Crippen molar-refractivity contribution in [2.45, 2.75) is 33.2 Å². The highest BCUT2D eigenvalue weighted by atomic mass is 16.5. The van der Waals surface area contributed by atoms with Gasteiger partial charge < -0.3 is 14.5 Å². The van der Waals surface area contributed by atoms with E-state index in [-0.39, 0.29) is 6.04 Å². The largest absolute Gasteiger partial charge is 0.481 e. The zero-order valence-corrected chi connectivity index (χ0v) is 12.4. The zero-order chi connectivity index (χ0) is 14.5. The molecule has 2 aromatic rings. The van der Waals surface area contributed by atoms with Crippen LogP contribution in [0.3, 0.4) is 0 Å². The lowest BCUT2D eigenvalue weighted by Crippen LogP contribution is -2.23. The second-order valence-corrected chi connectivity index (χ2v) is 4.73. The SMILES string of the molecule is CCNC(Cc1cc(OC)ncn1)c1cc(C)oc1C. The summed E-state index contributed by atoms with van der Waals surface area (Å²) < 4.78 is 10.8. The van der Waals surface area contributed by atoms with Gasteiger partial charge in [-0.1, -0.05) is 6.92 Å². The number of hydrogen-bond acceptors (Lipinski definition) is 5. The van der Waals surface area contributed by atoms with E-state index < -0.39 is 0 Å². The quantitative estimate of drug-likeness (QED) is 0.878. The van der Waals surface area contributed by atoms with Gasteiger partial charge in [0.2, 0.25) is 5.88 Å². The lowest BCUT2D eigenvalue weighted by atomic mass is 10.0. The lowest BCUT2D eigenvalue weighted by molar-refractivity contribution is 0.395. The van der Waals surface area contributed by atoms with Gasteiger partial charge in [-0.2, -0.15) is 0 Å². The van der Waals surface area contributed by atoms with Crippen molar-refractivity contribution < 1.29 is 9.15 Å². The molecule has 0 aliphatic heterocycles. The second-order valence-electron chi connectivity index (χ2n) is 4.73. The summed E-state index contributed by atoms with van der Waals surface area (Å²) in [5, 5.41) is 3.48. The van der Waals surface area contributed by atoms with Gasteiger partial charge in [-0.15, -0.1) is 0 Å². The van der Waals surface area contributed by atoms with E-state index in [1.54, 1.807) is 7.11 Å². The number of aromatic nitrogens is 2. The molecule has 2 heterocycles. The van der Waals surface area contributed by atoms with Gasteiger partial charge in [0.25, 0.3) is 0 Å². The van der Waals surface area contributed by atoms with Gasteiger partial charge >= 0.3 is 0 Å². The Morgan fingerprint density at radius 2 is 2.10 bits per heavy atom. The van der Waals surface area contributed by atoms with Crippen LogP contribution in [0.5, 0.6) is 5.88 Å². The molecule has 1 atom stereocenters. The molecule has 0 bridgehead atoms. The van der Waals surface area contributed by atoms with E-state index in [1.807, 2.05) is 19.9 Å². The molecule has 1 unspecified atom stereocenters. The molecule has 0 aliphatic rings. The van der Waals surface area contributed by atoms with E-state index in [0.29, 0.717) is 5.88 Å². The average Bonchev–Trinajstić information content (AvgIpc) is 2.77. The molecule has 0 aliphatic carbocycles. The average molecular weight is 275 g/mol. The van der Waals surface area contributed by atoms with E-state index in [0.717, 1.165) is 30.2 Å². The number of likely N-dealkylation sites (N-methyl/N-ethyl adjacent to an activating group) is 1. The van der Waals surface area contributed by atoms with Crippen molar-refractivity contribution in [1.82, 2.24) is 15.3 Å². The maximum absolute atomic E-state index is 5.63. The number of furan rings is 1. The lowest BCUT2D eigenvalue weighted by Gasteiger charge is -2.17. The molecule has 0 saturated heterocycles. The Hall–Kier alpha value is -1.88. The van der Waals surface area contributed by atoms with Crippen LogP contribution in [0.1, 0.15) is 35.7 Å². The van der Waals surface area contributed by atoms with E-state index in [1.165, 1.54) is 11.9 Å². The molecule has 0 saturated carbocycles. The minimum absolute atomic E-state index is 0.178. The molecule has 0 fully saturated rings. The number of nitrogens with zero attached hydrogens (tertiary/aromatic N) is 2.